The van der Waals surface area contributed by atoms with Gasteiger partial charge in [-0.05, 0) is 36.2 Å². The zero-order valence-corrected chi connectivity index (χ0v) is 12.8. The number of nitrogens with one attached hydrogen (secondary N) is 1. The average Bonchev–Trinajstić information content (AvgIpc) is 2.53. The van der Waals surface area contributed by atoms with E-state index in [9.17, 15) is 18.3 Å². The summed E-state index contributed by atoms with van der Waals surface area (Å²) in [5.41, 5.74) is 4.57. The fourth-order valence-corrected chi connectivity index (χ4v) is 2.71. The van der Waals surface area contributed by atoms with E-state index >= 15 is 0 Å². The van der Waals surface area contributed by atoms with Gasteiger partial charge in [-0.1, -0.05) is 12.1 Å². The Hall–Kier alpha value is -2.54. The van der Waals surface area contributed by atoms with Crippen molar-refractivity contribution < 1.29 is 23.0 Å². The SMILES string of the molecule is Cc1cc(-c2ccc(OC(F)(F)F)cc2)c2c(c1CO)N=CCN2. The summed E-state index contributed by atoms with van der Waals surface area (Å²) in [6, 6.07) is 7.56. The minimum absolute atomic E-state index is 0.133. The number of aliphatic imine (C=N–C) groups is 1. The highest BCUT2D eigenvalue weighted by Crippen LogP contribution is 2.42. The smallest absolute Gasteiger partial charge is 0.406 e. The molecule has 4 nitrogen and oxygen atoms in total. The Kier molecular flexibility index (Phi) is 4.19. The van der Waals surface area contributed by atoms with Gasteiger partial charge in [0.25, 0.3) is 0 Å². The zero-order chi connectivity index (χ0) is 17.3. The summed E-state index contributed by atoms with van der Waals surface area (Å²) in [4.78, 5) is 4.36. The van der Waals surface area contributed by atoms with Gasteiger partial charge in [-0.15, -0.1) is 13.2 Å². The Bertz CT molecular complexity index is 784. The van der Waals surface area contributed by atoms with E-state index in [1.807, 2.05) is 13.0 Å². The number of alkyl halides is 3. The number of aliphatic hydroxyl groups excluding tert-OH is 1. The van der Waals surface area contributed by atoms with E-state index in [1.54, 1.807) is 18.3 Å². The van der Waals surface area contributed by atoms with Gasteiger partial charge in [-0.25, -0.2) is 0 Å². The fraction of sp³-hybridized carbons (Fsp3) is 0.235. The molecule has 126 valence electrons. The van der Waals surface area contributed by atoms with Crippen molar-refractivity contribution in [1.29, 1.82) is 0 Å². The van der Waals surface area contributed by atoms with Crippen molar-refractivity contribution in [2.75, 3.05) is 11.9 Å². The van der Waals surface area contributed by atoms with Crippen LogP contribution in [0.1, 0.15) is 11.1 Å². The van der Waals surface area contributed by atoms with Crippen LogP contribution in [0.5, 0.6) is 5.75 Å². The van der Waals surface area contributed by atoms with Crippen molar-refractivity contribution in [3.8, 4) is 16.9 Å². The molecule has 1 aliphatic heterocycles. The molecule has 0 fully saturated rings. The predicted octanol–water partition coefficient (Wildman–Crippen LogP) is 4.18. The summed E-state index contributed by atoms with van der Waals surface area (Å²) in [5.74, 6) is -0.269. The third kappa shape index (κ3) is 3.21. The summed E-state index contributed by atoms with van der Waals surface area (Å²) in [7, 11) is 0. The van der Waals surface area contributed by atoms with Crippen molar-refractivity contribution in [3.05, 3.63) is 41.5 Å². The maximum absolute atomic E-state index is 12.3. The number of aliphatic hydroxyl groups is 1. The lowest BCUT2D eigenvalue weighted by Gasteiger charge is -2.21. The monoisotopic (exact) mass is 336 g/mol. The molecule has 1 heterocycles. The molecule has 3 rings (SSSR count). The lowest BCUT2D eigenvalue weighted by Crippen LogP contribution is -2.17. The molecule has 0 atom stereocenters. The maximum atomic E-state index is 12.3. The van der Waals surface area contributed by atoms with E-state index in [-0.39, 0.29) is 12.4 Å². The Morgan fingerprint density at radius 2 is 1.96 bits per heavy atom. The van der Waals surface area contributed by atoms with E-state index in [4.69, 9.17) is 0 Å². The third-order valence-electron chi connectivity index (χ3n) is 3.78. The second-order valence-electron chi connectivity index (χ2n) is 5.37. The summed E-state index contributed by atoms with van der Waals surface area (Å²) in [6.45, 7) is 2.27. The molecule has 0 spiro atoms. The highest BCUT2D eigenvalue weighted by atomic mass is 19.4. The van der Waals surface area contributed by atoms with Crippen LogP contribution in [0.3, 0.4) is 0 Å². The Labute approximate surface area is 136 Å². The van der Waals surface area contributed by atoms with Crippen LogP contribution in [0.25, 0.3) is 11.1 Å². The quantitative estimate of drug-likeness (QED) is 0.884. The lowest BCUT2D eigenvalue weighted by atomic mass is 9.95. The van der Waals surface area contributed by atoms with Crippen molar-refractivity contribution in [2.24, 2.45) is 4.99 Å². The summed E-state index contributed by atoms with van der Waals surface area (Å²) < 4.78 is 40.7. The fourth-order valence-electron chi connectivity index (χ4n) is 2.71. The predicted molar refractivity (Wildman–Crippen MR) is 85.9 cm³/mol. The minimum atomic E-state index is -4.71. The van der Waals surface area contributed by atoms with Gasteiger partial charge < -0.3 is 15.2 Å². The highest BCUT2D eigenvalue weighted by molar-refractivity contribution is 5.93. The van der Waals surface area contributed by atoms with Gasteiger partial charge in [0.2, 0.25) is 0 Å². The van der Waals surface area contributed by atoms with Crippen LogP contribution in [0.15, 0.2) is 35.3 Å². The molecule has 0 aliphatic carbocycles. The van der Waals surface area contributed by atoms with Gasteiger partial charge in [0.1, 0.15) is 5.75 Å². The van der Waals surface area contributed by atoms with Crippen molar-refractivity contribution in [3.63, 3.8) is 0 Å². The van der Waals surface area contributed by atoms with Crippen LogP contribution >= 0.6 is 0 Å². The van der Waals surface area contributed by atoms with Crippen molar-refractivity contribution in [1.82, 2.24) is 0 Å². The topological polar surface area (TPSA) is 53.9 Å². The molecule has 7 heteroatoms. The molecule has 0 bridgehead atoms. The Morgan fingerprint density at radius 3 is 2.58 bits per heavy atom. The number of fused-ring (bicyclic) bond motifs is 1. The number of halogens is 3. The molecule has 1 aliphatic rings. The lowest BCUT2D eigenvalue weighted by molar-refractivity contribution is -0.274. The maximum Gasteiger partial charge on any atom is 0.573 e. The molecular weight excluding hydrogens is 321 g/mol. The van der Waals surface area contributed by atoms with Gasteiger partial charge in [0.15, 0.2) is 0 Å². The number of hydrogen-bond donors (Lipinski definition) is 2. The number of rotatable bonds is 3. The van der Waals surface area contributed by atoms with Gasteiger partial charge in [-0.3, -0.25) is 4.99 Å². The molecule has 0 saturated carbocycles. The molecule has 0 amide bonds. The van der Waals surface area contributed by atoms with Crippen LogP contribution < -0.4 is 10.1 Å². The van der Waals surface area contributed by atoms with Crippen LogP contribution in [0.4, 0.5) is 24.5 Å². The van der Waals surface area contributed by atoms with E-state index < -0.39 is 6.36 Å². The van der Waals surface area contributed by atoms with Crippen LogP contribution in [0, 0.1) is 6.92 Å². The number of nitrogens with zero attached hydrogens (tertiary/aromatic N) is 1. The zero-order valence-electron chi connectivity index (χ0n) is 12.8. The minimum Gasteiger partial charge on any atom is -0.406 e. The molecule has 0 saturated heterocycles. The summed E-state index contributed by atoms with van der Waals surface area (Å²) >= 11 is 0. The van der Waals surface area contributed by atoms with Crippen molar-refractivity contribution >= 4 is 17.6 Å². The molecule has 0 aromatic heterocycles. The van der Waals surface area contributed by atoms with Gasteiger partial charge in [0.05, 0.1) is 24.5 Å². The first-order chi connectivity index (χ1) is 11.4. The normalized spacial score (nSPS) is 13.4. The number of ether oxygens (including phenoxy) is 1. The largest absolute Gasteiger partial charge is 0.573 e. The summed E-state index contributed by atoms with van der Waals surface area (Å²) in [6.07, 6.45) is -3.00. The Balaban J connectivity index is 2.04. The molecule has 24 heavy (non-hydrogen) atoms. The number of anilines is 1. The number of aryl methyl sites for hydroxylation is 1. The molecule has 0 radical (unpaired) electrons. The molecule has 2 aromatic rings. The number of hydrogen-bond acceptors (Lipinski definition) is 4. The summed E-state index contributed by atoms with van der Waals surface area (Å²) in [5, 5.41) is 12.8. The molecular formula is C17H15F3N2O2. The number of benzene rings is 2. The van der Waals surface area contributed by atoms with E-state index in [1.165, 1.54) is 12.1 Å². The van der Waals surface area contributed by atoms with Gasteiger partial charge in [0, 0.05) is 17.3 Å². The second kappa shape index (κ2) is 6.16. The van der Waals surface area contributed by atoms with E-state index in [2.05, 4.69) is 15.0 Å². The molecule has 2 N–H and O–H groups in total. The first kappa shape index (κ1) is 16.3. The van der Waals surface area contributed by atoms with Crippen LogP contribution in [-0.2, 0) is 6.61 Å². The third-order valence-corrected chi connectivity index (χ3v) is 3.78. The first-order valence-electron chi connectivity index (χ1n) is 7.29. The average molecular weight is 336 g/mol. The highest BCUT2D eigenvalue weighted by Gasteiger charge is 2.31. The van der Waals surface area contributed by atoms with Gasteiger partial charge >= 0.3 is 6.36 Å². The molecule has 2 aromatic carbocycles. The van der Waals surface area contributed by atoms with E-state index in [0.29, 0.717) is 12.2 Å². The first-order valence-corrected chi connectivity index (χ1v) is 7.29. The van der Waals surface area contributed by atoms with Crippen molar-refractivity contribution in [2.45, 2.75) is 19.9 Å². The van der Waals surface area contributed by atoms with Crippen LogP contribution in [0.2, 0.25) is 0 Å². The second-order valence-corrected chi connectivity index (χ2v) is 5.37. The van der Waals surface area contributed by atoms with E-state index in [0.717, 1.165) is 27.9 Å². The Morgan fingerprint density at radius 1 is 1.25 bits per heavy atom. The molecule has 0 unspecified atom stereocenters. The standard InChI is InChI=1S/C17H15F3N2O2/c1-10-8-13(15-16(14(10)9-23)22-7-6-21-15)11-2-4-12(5-3-11)24-17(18,19)20/h2-5,7-8,21,23H,6,9H2,1H3. The van der Waals surface area contributed by atoms with Gasteiger partial charge in [-0.2, -0.15) is 0 Å². The van der Waals surface area contributed by atoms with Crippen LogP contribution in [-0.4, -0.2) is 24.2 Å².